The molecule has 2 heterocycles. The van der Waals surface area contributed by atoms with Gasteiger partial charge in [-0.15, -0.1) is 11.3 Å². The third-order valence-electron chi connectivity index (χ3n) is 3.31. The Morgan fingerprint density at radius 1 is 1.43 bits per heavy atom. The molecule has 116 valence electrons. The van der Waals surface area contributed by atoms with Crippen molar-refractivity contribution in [2.45, 2.75) is 13.5 Å². The van der Waals surface area contributed by atoms with E-state index in [2.05, 4.69) is 36.1 Å². The van der Waals surface area contributed by atoms with Gasteiger partial charge in [0.2, 0.25) is 0 Å². The Bertz CT molecular complexity index is 828. The minimum absolute atomic E-state index is 0.349. The van der Waals surface area contributed by atoms with E-state index in [1.54, 1.807) is 29.1 Å². The molecule has 2 aromatic heterocycles. The summed E-state index contributed by atoms with van der Waals surface area (Å²) in [6.45, 7) is 2.68. The van der Waals surface area contributed by atoms with E-state index in [1.807, 2.05) is 11.4 Å². The Morgan fingerprint density at radius 3 is 3.09 bits per heavy atom. The van der Waals surface area contributed by atoms with Gasteiger partial charge in [0.25, 0.3) is 0 Å². The molecule has 0 atom stereocenters. The molecule has 0 spiro atoms. The van der Waals surface area contributed by atoms with Crippen molar-refractivity contribution in [2.75, 3.05) is 6.61 Å². The van der Waals surface area contributed by atoms with Gasteiger partial charge in [-0.2, -0.15) is 5.10 Å². The summed E-state index contributed by atoms with van der Waals surface area (Å²) in [7, 11) is 2.07. The quantitative estimate of drug-likeness (QED) is 0.527. The monoisotopic (exact) mass is 325 g/mol. The van der Waals surface area contributed by atoms with Crippen LogP contribution in [-0.4, -0.2) is 35.2 Å². The van der Waals surface area contributed by atoms with E-state index in [0.29, 0.717) is 18.7 Å². The fourth-order valence-electron chi connectivity index (χ4n) is 2.23. The predicted molar refractivity (Wildman–Crippen MR) is 93.0 cm³/mol. The first kappa shape index (κ1) is 15.5. The van der Waals surface area contributed by atoms with E-state index in [-0.39, 0.29) is 5.97 Å². The van der Waals surface area contributed by atoms with Gasteiger partial charge in [-0.25, -0.2) is 9.78 Å². The lowest BCUT2D eigenvalue weighted by Crippen LogP contribution is -2.04. The van der Waals surface area contributed by atoms with Crippen LogP contribution in [0.1, 0.15) is 22.3 Å². The molecule has 0 saturated heterocycles. The lowest BCUT2D eigenvalue weighted by molar-refractivity contribution is 0.0526. The predicted octanol–water partition coefficient (Wildman–Crippen LogP) is 1.49. The summed E-state index contributed by atoms with van der Waals surface area (Å²) in [5, 5.41) is 7.18. The van der Waals surface area contributed by atoms with Gasteiger partial charge < -0.3 is 4.74 Å². The number of esters is 1. The van der Waals surface area contributed by atoms with Gasteiger partial charge in [0.15, 0.2) is 0 Å². The van der Waals surface area contributed by atoms with Crippen molar-refractivity contribution in [3.05, 3.63) is 52.6 Å². The van der Waals surface area contributed by atoms with Gasteiger partial charge in [0.05, 0.1) is 30.6 Å². The zero-order valence-electron chi connectivity index (χ0n) is 13.0. The molecular formula is C16H16BN3O2S. The number of carbonyl (C=O) groups is 1. The maximum atomic E-state index is 11.6. The van der Waals surface area contributed by atoms with Crippen LogP contribution in [0.5, 0.6) is 0 Å². The van der Waals surface area contributed by atoms with E-state index in [1.165, 1.54) is 11.7 Å². The second kappa shape index (κ2) is 6.79. The van der Waals surface area contributed by atoms with Gasteiger partial charge in [0, 0.05) is 17.1 Å². The molecule has 23 heavy (non-hydrogen) atoms. The number of nitrogens with zero attached hydrogens (tertiary/aromatic N) is 3. The molecule has 0 radical (unpaired) electrons. The molecule has 1 aromatic carbocycles. The molecule has 5 nitrogen and oxygen atoms in total. The summed E-state index contributed by atoms with van der Waals surface area (Å²) in [6, 6.07) is 8.27. The average molecular weight is 325 g/mol. The van der Waals surface area contributed by atoms with Crippen LogP contribution in [0.4, 0.5) is 0 Å². The first-order chi connectivity index (χ1) is 11.2. The highest BCUT2D eigenvalue weighted by Gasteiger charge is 2.11. The lowest BCUT2D eigenvalue weighted by Gasteiger charge is -1.99. The van der Waals surface area contributed by atoms with Gasteiger partial charge in [-0.3, -0.25) is 4.68 Å². The van der Waals surface area contributed by atoms with Crippen molar-refractivity contribution in [1.82, 2.24) is 14.8 Å². The summed E-state index contributed by atoms with van der Waals surface area (Å²) >= 11 is 1.58. The summed E-state index contributed by atoms with van der Waals surface area (Å²) in [5.74, 6) is -0.349. The number of hydrogen-bond donors (Lipinski definition) is 0. The molecule has 0 fully saturated rings. The summed E-state index contributed by atoms with van der Waals surface area (Å²) in [5.41, 5.74) is 3.75. The summed E-state index contributed by atoms with van der Waals surface area (Å²) in [4.78, 5) is 16.3. The highest BCUT2D eigenvalue weighted by atomic mass is 32.1. The highest BCUT2D eigenvalue weighted by molar-refractivity contribution is 7.09. The zero-order valence-corrected chi connectivity index (χ0v) is 13.8. The standard InChI is InChI=1S/C16H16BN3O2S/c1-2-22-16(21)12-7-18-20(8-12)9-15-19-14(10-23-15)11-4-3-5-13(17)6-11/h3-8,10H,2,9,17H2,1H3. The van der Waals surface area contributed by atoms with Gasteiger partial charge in [-0.1, -0.05) is 29.7 Å². The van der Waals surface area contributed by atoms with E-state index in [9.17, 15) is 4.79 Å². The van der Waals surface area contributed by atoms with Crippen LogP contribution in [0.25, 0.3) is 11.3 Å². The number of ether oxygens (including phenoxy) is 1. The maximum absolute atomic E-state index is 11.6. The van der Waals surface area contributed by atoms with Crippen molar-refractivity contribution in [3.8, 4) is 11.3 Å². The SMILES string of the molecule is Bc1cccc(-c2csc(Cn3cc(C(=O)OCC)cn3)n2)c1. The Hall–Kier alpha value is -2.41. The average Bonchev–Trinajstić information content (AvgIpc) is 3.17. The van der Waals surface area contributed by atoms with Crippen LogP contribution in [0.3, 0.4) is 0 Å². The van der Waals surface area contributed by atoms with E-state index in [0.717, 1.165) is 16.3 Å². The smallest absolute Gasteiger partial charge is 0.341 e. The number of carbonyl (C=O) groups excluding carboxylic acids is 1. The first-order valence-electron chi connectivity index (χ1n) is 7.36. The van der Waals surface area contributed by atoms with Gasteiger partial charge >= 0.3 is 5.97 Å². The molecule has 0 saturated carbocycles. The molecular weight excluding hydrogens is 309 g/mol. The molecule has 3 aromatic rings. The van der Waals surface area contributed by atoms with Crippen LogP contribution < -0.4 is 5.46 Å². The van der Waals surface area contributed by atoms with Crippen LogP contribution in [0.15, 0.2) is 42.0 Å². The Kier molecular flexibility index (Phi) is 4.57. The topological polar surface area (TPSA) is 57.0 Å². The Balaban J connectivity index is 1.73. The normalized spacial score (nSPS) is 10.7. The van der Waals surface area contributed by atoms with Crippen LogP contribution >= 0.6 is 11.3 Å². The Morgan fingerprint density at radius 2 is 2.30 bits per heavy atom. The minimum Gasteiger partial charge on any atom is -0.462 e. The van der Waals surface area contributed by atoms with E-state index in [4.69, 9.17) is 4.74 Å². The van der Waals surface area contributed by atoms with Crippen molar-refractivity contribution in [2.24, 2.45) is 0 Å². The number of aromatic nitrogens is 3. The number of thiazole rings is 1. The molecule has 0 aliphatic heterocycles. The van der Waals surface area contributed by atoms with Crippen LogP contribution in [0.2, 0.25) is 0 Å². The van der Waals surface area contributed by atoms with Crippen LogP contribution in [0, 0.1) is 0 Å². The highest BCUT2D eigenvalue weighted by Crippen LogP contribution is 2.21. The van der Waals surface area contributed by atoms with Crippen molar-refractivity contribution < 1.29 is 9.53 Å². The fourth-order valence-corrected chi connectivity index (χ4v) is 3.02. The molecule has 3 rings (SSSR count). The molecule has 0 amide bonds. The molecule has 0 N–H and O–H groups in total. The number of hydrogen-bond acceptors (Lipinski definition) is 5. The van der Waals surface area contributed by atoms with E-state index < -0.39 is 0 Å². The molecule has 0 aliphatic carbocycles. The maximum Gasteiger partial charge on any atom is 0.341 e. The first-order valence-corrected chi connectivity index (χ1v) is 8.24. The van der Waals surface area contributed by atoms with Gasteiger partial charge in [0.1, 0.15) is 12.9 Å². The fraction of sp³-hybridized carbons (Fsp3) is 0.188. The molecule has 7 heteroatoms. The second-order valence-corrected chi connectivity index (χ2v) is 6.09. The third kappa shape index (κ3) is 3.68. The third-order valence-corrected chi connectivity index (χ3v) is 4.14. The zero-order chi connectivity index (χ0) is 16.2. The summed E-state index contributed by atoms with van der Waals surface area (Å²) < 4.78 is 6.66. The number of benzene rings is 1. The molecule has 0 aliphatic rings. The van der Waals surface area contributed by atoms with Crippen LogP contribution in [-0.2, 0) is 11.3 Å². The Labute approximate surface area is 139 Å². The van der Waals surface area contributed by atoms with Gasteiger partial charge in [-0.05, 0) is 6.92 Å². The largest absolute Gasteiger partial charge is 0.462 e. The van der Waals surface area contributed by atoms with Crippen molar-refractivity contribution >= 4 is 30.6 Å². The minimum atomic E-state index is -0.349. The lowest BCUT2D eigenvalue weighted by atomic mass is 9.94. The second-order valence-electron chi connectivity index (χ2n) is 5.14. The number of rotatable bonds is 5. The summed E-state index contributed by atoms with van der Waals surface area (Å²) in [6.07, 6.45) is 3.21. The van der Waals surface area contributed by atoms with E-state index >= 15 is 0 Å². The molecule has 0 unspecified atom stereocenters. The molecule has 0 bridgehead atoms. The van der Waals surface area contributed by atoms with Crippen molar-refractivity contribution in [3.63, 3.8) is 0 Å². The van der Waals surface area contributed by atoms with Crippen molar-refractivity contribution in [1.29, 1.82) is 0 Å².